The normalized spacial score (nSPS) is 16.2. The lowest BCUT2D eigenvalue weighted by molar-refractivity contribution is -0.132. The fourth-order valence-corrected chi connectivity index (χ4v) is 5.27. The van der Waals surface area contributed by atoms with Crippen molar-refractivity contribution in [1.82, 2.24) is 25.5 Å². The number of aliphatic imine (C=N–C) groups is 1. The molecule has 0 atom stereocenters. The van der Waals surface area contributed by atoms with Crippen molar-refractivity contribution >= 4 is 58.5 Å². The minimum atomic E-state index is -0.586. The smallest absolute Gasteiger partial charge is 0.280 e. The Hall–Kier alpha value is -3.51. The number of hydrogen-bond donors (Lipinski definition) is 5. The number of benzene rings is 1. The van der Waals surface area contributed by atoms with Crippen LogP contribution in [0, 0.1) is 0 Å². The van der Waals surface area contributed by atoms with Gasteiger partial charge in [0, 0.05) is 30.1 Å². The number of piperidine rings is 1. The summed E-state index contributed by atoms with van der Waals surface area (Å²) in [7, 11) is 0. The van der Waals surface area contributed by atoms with Crippen molar-refractivity contribution in [3.63, 3.8) is 0 Å². The lowest BCUT2D eigenvalue weighted by Gasteiger charge is -2.39. The Balaban J connectivity index is 1.20. The summed E-state index contributed by atoms with van der Waals surface area (Å²) in [5, 5.41) is 5.87. The number of amides is 2. The molecular formula is C24H30ClN9O2S. The Bertz CT molecular complexity index is 1240. The molecule has 196 valence electrons. The van der Waals surface area contributed by atoms with Gasteiger partial charge in [-0.2, -0.15) is 0 Å². The van der Waals surface area contributed by atoms with Crippen molar-refractivity contribution in [2.24, 2.45) is 4.99 Å². The fourth-order valence-electron chi connectivity index (χ4n) is 4.25. The lowest BCUT2D eigenvalue weighted by atomic mass is 9.88. The lowest BCUT2D eigenvalue weighted by Crippen LogP contribution is -2.56. The minimum Gasteiger partial charge on any atom is -0.398 e. The number of anilines is 3. The Morgan fingerprint density at radius 3 is 2.59 bits per heavy atom. The summed E-state index contributed by atoms with van der Waals surface area (Å²) >= 11 is 7.42. The van der Waals surface area contributed by atoms with Crippen LogP contribution in [0.2, 0.25) is 5.15 Å². The van der Waals surface area contributed by atoms with Gasteiger partial charge in [-0.3, -0.25) is 19.9 Å². The zero-order valence-corrected chi connectivity index (χ0v) is 21.9. The molecule has 0 saturated carbocycles. The molecule has 2 aliphatic rings. The first-order chi connectivity index (χ1) is 17.7. The van der Waals surface area contributed by atoms with Crippen LogP contribution >= 0.6 is 23.4 Å². The first kappa shape index (κ1) is 26.6. The molecule has 2 amide bonds. The van der Waals surface area contributed by atoms with Crippen molar-refractivity contribution in [2.75, 3.05) is 36.8 Å². The second-order valence-electron chi connectivity index (χ2n) is 9.07. The van der Waals surface area contributed by atoms with Crippen LogP contribution in [-0.4, -0.2) is 57.8 Å². The Morgan fingerprint density at radius 1 is 1.14 bits per heavy atom. The number of hydrogen-bond acceptors (Lipinski definition) is 10. The van der Waals surface area contributed by atoms with Gasteiger partial charge < -0.3 is 27.4 Å². The molecule has 4 rings (SSSR count). The van der Waals surface area contributed by atoms with Crippen LogP contribution in [0.15, 0.2) is 45.6 Å². The number of nitrogens with two attached hydrogens (primary N) is 3. The SMILES string of the molecule is C=C(CCCC(=O)N1CCC2(CC1)CN=C(NC(=O)c1nc(Cl)c(N)nc1N)N2)Sc1ccccc1N. The molecule has 13 heteroatoms. The third kappa shape index (κ3) is 6.44. The number of likely N-dealkylation sites (tertiary alicyclic amines) is 1. The molecule has 1 saturated heterocycles. The van der Waals surface area contributed by atoms with Crippen LogP contribution in [0.25, 0.3) is 0 Å². The van der Waals surface area contributed by atoms with Gasteiger partial charge in [0.1, 0.15) is 0 Å². The quantitative estimate of drug-likeness (QED) is 0.259. The second kappa shape index (κ2) is 11.3. The number of nitrogens with zero attached hydrogens (tertiary/aromatic N) is 4. The van der Waals surface area contributed by atoms with E-state index in [2.05, 4.69) is 32.2 Å². The van der Waals surface area contributed by atoms with Gasteiger partial charge in [0.2, 0.25) is 5.91 Å². The van der Waals surface area contributed by atoms with E-state index in [1.54, 1.807) is 11.8 Å². The predicted octanol–water partition coefficient (Wildman–Crippen LogP) is 2.40. The third-order valence-electron chi connectivity index (χ3n) is 6.37. The van der Waals surface area contributed by atoms with Crippen LogP contribution in [0.4, 0.5) is 17.3 Å². The van der Waals surface area contributed by atoms with Gasteiger partial charge >= 0.3 is 0 Å². The maximum atomic E-state index is 12.8. The summed E-state index contributed by atoms with van der Waals surface area (Å²) < 4.78 is 0. The highest BCUT2D eigenvalue weighted by Crippen LogP contribution is 2.33. The molecule has 0 radical (unpaired) electrons. The van der Waals surface area contributed by atoms with E-state index in [1.165, 1.54) is 0 Å². The first-order valence-electron chi connectivity index (χ1n) is 11.9. The van der Waals surface area contributed by atoms with E-state index >= 15 is 0 Å². The third-order valence-corrected chi connectivity index (χ3v) is 7.73. The number of allylic oxidation sites excluding steroid dienone is 1. The highest BCUT2D eigenvalue weighted by Gasteiger charge is 2.40. The number of thioether (sulfide) groups is 1. The van der Waals surface area contributed by atoms with Crippen LogP contribution in [-0.2, 0) is 4.79 Å². The Morgan fingerprint density at radius 2 is 1.86 bits per heavy atom. The number of guanidine groups is 1. The van der Waals surface area contributed by atoms with Gasteiger partial charge in [-0.1, -0.05) is 42.1 Å². The number of nitrogens with one attached hydrogen (secondary N) is 2. The van der Waals surface area contributed by atoms with Gasteiger partial charge in [-0.15, -0.1) is 0 Å². The van der Waals surface area contributed by atoms with Crippen molar-refractivity contribution in [3.05, 3.63) is 46.6 Å². The van der Waals surface area contributed by atoms with E-state index in [4.69, 9.17) is 28.8 Å². The highest BCUT2D eigenvalue weighted by molar-refractivity contribution is 8.03. The van der Waals surface area contributed by atoms with E-state index < -0.39 is 5.91 Å². The molecule has 1 aromatic heterocycles. The number of halogens is 1. The number of carbonyl (C=O) groups is 2. The minimum absolute atomic E-state index is 0.0477. The number of para-hydroxylation sites is 1. The van der Waals surface area contributed by atoms with Crippen LogP contribution in [0.5, 0.6) is 0 Å². The Kier molecular flexibility index (Phi) is 8.08. The molecule has 37 heavy (non-hydrogen) atoms. The largest absolute Gasteiger partial charge is 0.398 e. The zero-order chi connectivity index (χ0) is 26.6. The van der Waals surface area contributed by atoms with Gasteiger partial charge in [0.25, 0.3) is 5.91 Å². The highest BCUT2D eigenvalue weighted by atomic mass is 35.5. The summed E-state index contributed by atoms with van der Waals surface area (Å²) in [4.78, 5) is 41.4. The molecule has 1 fully saturated rings. The monoisotopic (exact) mass is 543 g/mol. The molecule has 0 bridgehead atoms. The number of aromatic nitrogens is 2. The second-order valence-corrected chi connectivity index (χ2v) is 10.7. The molecule has 2 aromatic rings. The maximum Gasteiger partial charge on any atom is 0.280 e. The fraction of sp³-hybridized carbons (Fsp3) is 0.375. The van der Waals surface area contributed by atoms with Crippen molar-refractivity contribution in [1.29, 1.82) is 0 Å². The predicted molar refractivity (Wildman–Crippen MR) is 147 cm³/mol. The van der Waals surface area contributed by atoms with E-state index in [-0.39, 0.29) is 33.9 Å². The molecule has 0 unspecified atom stereocenters. The van der Waals surface area contributed by atoms with Crippen LogP contribution < -0.4 is 27.8 Å². The van der Waals surface area contributed by atoms with Crippen molar-refractivity contribution < 1.29 is 9.59 Å². The van der Waals surface area contributed by atoms with E-state index in [1.807, 2.05) is 29.2 Å². The van der Waals surface area contributed by atoms with Crippen molar-refractivity contribution in [2.45, 2.75) is 42.5 Å². The summed E-state index contributed by atoms with van der Waals surface area (Å²) in [5.74, 6) is -0.292. The molecule has 1 aromatic carbocycles. The Labute approximate surface area is 224 Å². The molecule has 11 nitrogen and oxygen atoms in total. The van der Waals surface area contributed by atoms with Gasteiger partial charge in [-0.05, 0) is 42.7 Å². The molecule has 8 N–H and O–H groups in total. The molecule has 0 aliphatic carbocycles. The first-order valence-corrected chi connectivity index (χ1v) is 13.1. The number of nitrogen functional groups attached to an aromatic ring is 3. The summed E-state index contributed by atoms with van der Waals surface area (Å²) in [6.45, 7) is 5.84. The number of rotatable bonds is 7. The topological polar surface area (TPSA) is 178 Å². The molecular weight excluding hydrogens is 514 g/mol. The maximum absolute atomic E-state index is 12.8. The van der Waals surface area contributed by atoms with Crippen LogP contribution in [0.3, 0.4) is 0 Å². The molecule has 1 spiro atoms. The standard InChI is InChI=1S/C24H30ClN9O2S/c1-14(37-16-7-3-2-6-15(16)26)5-4-8-17(35)34-11-9-24(10-12-34)13-29-23(33-24)32-22(36)18-20(27)31-21(28)19(25)30-18/h2-3,6-7H,1,4-5,8-13,26H2,(H4,27,28,31)(H2,29,32,33,36). The average Bonchev–Trinajstić information content (AvgIpc) is 3.24. The van der Waals surface area contributed by atoms with Gasteiger partial charge in [-0.25, -0.2) is 9.97 Å². The van der Waals surface area contributed by atoms with Crippen LogP contribution in [0.1, 0.15) is 42.6 Å². The molecule has 3 heterocycles. The summed E-state index contributed by atoms with van der Waals surface area (Å²) in [6.07, 6.45) is 3.38. The number of carbonyl (C=O) groups excluding carboxylic acids is 2. The average molecular weight is 544 g/mol. The summed E-state index contributed by atoms with van der Waals surface area (Å²) in [5.41, 5.74) is 17.6. The molecule has 2 aliphatic heterocycles. The van der Waals surface area contributed by atoms with Gasteiger partial charge in [0.15, 0.2) is 28.4 Å². The van der Waals surface area contributed by atoms with Gasteiger partial charge in [0.05, 0.1) is 12.1 Å². The van der Waals surface area contributed by atoms with E-state index in [0.29, 0.717) is 44.9 Å². The van der Waals surface area contributed by atoms with Crippen molar-refractivity contribution in [3.8, 4) is 0 Å². The van der Waals surface area contributed by atoms with E-state index in [0.717, 1.165) is 28.3 Å². The van der Waals surface area contributed by atoms with E-state index in [9.17, 15) is 9.59 Å². The summed E-state index contributed by atoms with van der Waals surface area (Å²) in [6, 6.07) is 7.68. The zero-order valence-electron chi connectivity index (χ0n) is 20.3.